The van der Waals surface area contributed by atoms with Crippen molar-refractivity contribution in [1.29, 1.82) is 0 Å². The van der Waals surface area contributed by atoms with Gasteiger partial charge >= 0.3 is 5.97 Å². The number of ether oxygens (including phenoxy) is 2. The molecule has 3 aromatic rings. The van der Waals surface area contributed by atoms with Crippen molar-refractivity contribution in [2.45, 2.75) is 25.9 Å². The number of carbonyl (C=O) groups excluding carboxylic acids is 2. The van der Waals surface area contributed by atoms with Crippen LogP contribution in [0.15, 0.2) is 72.1 Å². The lowest BCUT2D eigenvalue weighted by molar-refractivity contribution is -0.137. The Morgan fingerprint density at radius 3 is 2.37 bits per heavy atom. The van der Waals surface area contributed by atoms with Crippen LogP contribution in [0.25, 0.3) is 0 Å². The average Bonchev–Trinajstić information content (AvgIpc) is 3.29. The number of hydrogen-bond donors (Lipinski definition) is 0. The van der Waals surface area contributed by atoms with E-state index >= 15 is 0 Å². The molecule has 2 aromatic carbocycles. The topological polar surface area (TPSA) is 55.8 Å². The lowest BCUT2D eigenvalue weighted by Gasteiger charge is -2.29. The molecule has 1 amide bonds. The highest BCUT2D eigenvalue weighted by Crippen LogP contribution is 2.19. The van der Waals surface area contributed by atoms with Crippen molar-refractivity contribution in [1.82, 2.24) is 4.90 Å². The third-order valence-electron chi connectivity index (χ3n) is 4.78. The van der Waals surface area contributed by atoms with Gasteiger partial charge in [0.15, 0.2) is 6.61 Å². The van der Waals surface area contributed by atoms with E-state index in [1.165, 1.54) is 4.88 Å². The van der Waals surface area contributed by atoms with Gasteiger partial charge in [0, 0.05) is 23.9 Å². The van der Waals surface area contributed by atoms with Crippen molar-refractivity contribution in [3.05, 3.63) is 88.1 Å². The zero-order chi connectivity index (χ0) is 21.3. The van der Waals surface area contributed by atoms with Gasteiger partial charge in [-0.3, -0.25) is 4.79 Å². The van der Waals surface area contributed by atoms with Crippen molar-refractivity contribution in [3.8, 4) is 5.75 Å². The van der Waals surface area contributed by atoms with Gasteiger partial charge in [0.05, 0.1) is 12.7 Å². The number of hydrogen-bond acceptors (Lipinski definition) is 5. The molecule has 0 N–H and O–H groups in total. The van der Waals surface area contributed by atoms with Crippen molar-refractivity contribution >= 4 is 23.2 Å². The molecule has 5 nitrogen and oxygen atoms in total. The number of esters is 1. The minimum atomic E-state index is -0.501. The molecule has 0 saturated heterocycles. The minimum Gasteiger partial charge on any atom is -0.497 e. The zero-order valence-electron chi connectivity index (χ0n) is 17.1. The second kappa shape index (κ2) is 10.6. The van der Waals surface area contributed by atoms with Crippen LogP contribution in [-0.2, 0) is 22.5 Å². The normalized spacial score (nSPS) is 11.5. The van der Waals surface area contributed by atoms with Gasteiger partial charge in [0.2, 0.25) is 0 Å². The molecule has 0 aliphatic carbocycles. The first-order valence-electron chi connectivity index (χ1n) is 9.73. The molecule has 0 bridgehead atoms. The Kier molecular flexibility index (Phi) is 7.63. The molecule has 0 radical (unpaired) electrons. The van der Waals surface area contributed by atoms with E-state index in [0.717, 1.165) is 17.7 Å². The van der Waals surface area contributed by atoms with Crippen molar-refractivity contribution in [2.75, 3.05) is 13.7 Å². The van der Waals surface area contributed by atoms with Gasteiger partial charge in [0.25, 0.3) is 5.91 Å². The molecule has 0 fully saturated rings. The highest BCUT2D eigenvalue weighted by Gasteiger charge is 2.23. The quantitative estimate of drug-likeness (QED) is 0.473. The fourth-order valence-electron chi connectivity index (χ4n) is 3.12. The Balaban J connectivity index is 1.69. The summed E-state index contributed by atoms with van der Waals surface area (Å²) in [6.07, 6.45) is 0.742. The van der Waals surface area contributed by atoms with Crippen LogP contribution in [0.2, 0.25) is 0 Å². The van der Waals surface area contributed by atoms with Crippen molar-refractivity contribution in [2.24, 2.45) is 0 Å². The summed E-state index contributed by atoms with van der Waals surface area (Å²) in [7, 11) is 1.62. The predicted octanol–water partition coefficient (Wildman–Crippen LogP) is 4.57. The molecule has 0 saturated carbocycles. The lowest BCUT2D eigenvalue weighted by Crippen LogP contribution is -2.41. The molecule has 0 aliphatic heterocycles. The molecule has 30 heavy (non-hydrogen) atoms. The van der Waals surface area contributed by atoms with Gasteiger partial charge in [-0.15, -0.1) is 11.3 Å². The first-order valence-corrected chi connectivity index (χ1v) is 10.6. The Hall–Kier alpha value is -3.12. The van der Waals surface area contributed by atoms with Crippen LogP contribution in [0.4, 0.5) is 0 Å². The molecule has 156 valence electrons. The summed E-state index contributed by atoms with van der Waals surface area (Å²) in [4.78, 5) is 28.2. The van der Waals surface area contributed by atoms with Gasteiger partial charge in [0.1, 0.15) is 5.75 Å². The molecule has 1 aromatic heterocycles. The molecule has 1 heterocycles. The Labute approximate surface area is 180 Å². The molecule has 0 unspecified atom stereocenters. The summed E-state index contributed by atoms with van der Waals surface area (Å²) in [5.41, 5.74) is 1.41. The van der Waals surface area contributed by atoms with Crippen molar-refractivity contribution in [3.63, 3.8) is 0 Å². The highest BCUT2D eigenvalue weighted by molar-refractivity contribution is 7.09. The maximum absolute atomic E-state index is 13.0. The third-order valence-corrected chi connectivity index (χ3v) is 5.68. The Morgan fingerprint density at radius 1 is 1.00 bits per heavy atom. The summed E-state index contributed by atoms with van der Waals surface area (Å²) in [6, 6.07) is 20.3. The van der Waals surface area contributed by atoms with Crippen LogP contribution in [0.3, 0.4) is 0 Å². The van der Waals surface area contributed by atoms with Gasteiger partial charge in [-0.05, 0) is 48.2 Å². The number of carbonyl (C=O) groups is 2. The van der Waals surface area contributed by atoms with E-state index in [0.29, 0.717) is 12.1 Å². The van der Waals surface area contributed by atoms with Crippen LogP contribution < -0.4 is 4.74 Å². The van der Waals surface area contributed by atoms with E-state index in [4.69, 9.17) is 9.47 Å². The summed E-state index contributed by atoms with van der Waals surface area (Å²) in [5, 5.41) is 2.03. The second-order valence-corrected chi connectivity index (χ2v) is 7.98. The molecule has 6 heteroatoms. The second-order valence-electron chi connectivity index (χ2n) is 6.94. The fraction of sp³-hybridized carbons (Fsp3) is 0.250. The maximum Gasteiger partial charge on any atom is 0.338 e. The summed E-state index contributed by atoms with van der Waals surface area (Å²) in [6.45, 7) is 2.15. The standard InChI is InChI=1S/C24H25NO4S/c1-18(15-22-9-6-14-30-22)25(16-19-10-12-21(28-2)13-11-19)23(26)17-29-24(27)20-7-4-3-5-8-20/h3-14,18H,15-17H2,1-2H3/t18-/m1/s1. The maximum atomic E-state index is 13.0. The molecular weight excluding hydrogens is 398 g/mol. The first kappa shape index (κ1) is 21.6. The molecule has 1 atom stereocenters. The first-order chi connectivity index (χ1) is 14.6. The van der Waals surface area contributed by atoms with Crippen LogP contribution in [0, 0.1) is 0 Å². The van der Waals surface area contributed by atoms with E-state index in [1.807, 2.05) is 48.7 Å². The number of rotatable bonds is 9. The predicted molar refractivity (Wildman–Crippen MR) is 118 cm³/mol. The number of nitrogens with zero attached hydrogens (tertiary/aromatic N) is 1. The molecule has 0 aliphatic rings. The monoisotopic (exact) mass is 423 g/mol. The van der Waals surface area contributed by atoms with Crippen LogP contribution >= 0.6 is 11.3 Å². The molecule has 3 rings (SSSR count). The average molecular weight is 424 g/mol. The summed E-state index contributed by atoms with van der Waals surface area (Å²) < 4.78 is 10.5. The number of thiophene rings is 1. The number of benzene rings is 2. The summed E-state index contributed by atoms with van der Waals surface area (Å²) >= 11 is 1.67. The van der Waals surface area contributed by atoms with Gasteiger partial charge in [-0.2, -0.15) is 0 Å². The lowest BCUT2D eigenvalue weighted by atomic mass is 10.1. The fourth-order valence-corrected chi connectivity index (χ4v) is 3.94. The van der Waals surface area contributed by atoms with Crippen LogP contribution in [0.5, 0.6) is 5.75 Å². The minimum absolute atomic E-state index is 0.0475. The largest absolute Gasteiger partial charge is 0.497 e. The van der Waals surface area contributed by atoms with Gasteiger partial charge in [-0.25, -0.2) is 4.79 Å². The van der Waals surface area contributed by atoms with E-state index in [-0.39, 0.29) is 18.6 Å². The highest BCUT2D eigenvalue weighted by atomic mass is 32.1. The molecule has 0 spiro atoms. The van der Waals surface area contributed by atoms with Gasteiger partial charge < -0.3 is 14.4 Å². The Bertz CT molecular complexity index is 939. The van der Waals surface area contributed by atoms with Crippen LogP contribution in [0.1, 0.15) is 27.7 Å². The molecular formula is C24H25NO4S. The van der Waals surface area contributed by atoms with E-state index in [9.17, 15) is 9.59 Å². The van der Waals surface area contributed by atoms with E-state index < -0.39 is 5.97 Å². The van der Waals surface area contributed by atoms with Crippen LogP contribution in [-0.4, -0.2) is 36.5 Å². The van der Waals surface area contributed by atoms with E-state index in [1.54, 1.807) is 47.6 Å². The smallest absolute Gasteiger partial charge is 0.338 e. The number of amides is 1. The Morgan fingerprint density at radius 2 is 1.73 bits per heavy atom. The zero-order valence-corrected chi connectivity index (χ0v) is 17.9. The van der Waals surface area contributed by atoms with Crippen molar-refractivity contribution < 1.29 is 19.1 Å². The van der Waals surface area contributed by atoms with E-state index in [2.05, 4.69) is 6.07 Å². The number of methoxy groups -OCH3 is 1. The SMILES string of the molecule is COc1ccc(CN(C(=O)COC(=O)c2ccccc2)[C@H](C)Cc2cccs2)cc1. The summed E-state index contributed by atoms with van der Waals surface area (Å²) in [5.74, 6) is 0.0402. The van der Waals surface area contributed by atoms with Gasteiger partial charge in [-0.1, -0.05) is 36.4 Å². The third kappa shape index (κ3) is 5.94.